The van der Waals surface area contributed by atoms with Crippen molar-refractivity contribution in [1.29, 1.82) is 0 Å². The average Bonchev–Trinajstić information content (AvgIpc) is 2.70. The van der Waals surface area contributed by atoms with Gasteiger partial charge in [0.15, 0.2) is 0 Å². The molecule has 2 N–H and O–H groups in total. The minimum absolute atomic E-state index is 0.272. The molecule has 6 nitrogen and oxygen atoms in total. The van der Waals surface area contributed by atoms with Crippen LogP contribution < -0.4 is 15.5 Å². The van der Waals surface area contributed by atoms with Gasteiger partial charge < -0.3 is 20.3 Å². The maximum Gasteiger partial charge on any atom is 0.136 e. The Morgan fingerprint density at radius 3 is 2.36 bits per heavy atom. The van der Waals surface area contributed by atoms with Crippen LogP contribution in [-0.4, -0.2) is 36.3 Å². The molecule has 1 saturated heterocycles. The predicted octanol–water partition coefficient (Wildman–Crippen LogP) is 4.25. The summed E-state index contributed by atoms with van der Waals surface area (Å²) in [6.07, 6.45) is 0. The number of hydrogen-bond acceptors (Lipinski definition) is 6. The Bertz CT molecular complexity index is 942. The maximum absolute atomic E-state index is 13.1. The number of hydrogen-bond donors (Lipinski definition) is 2. The van der Waals surface area contributed by atoms with Crippen LogP contribution in [-0.2, 0) is 4.74 Å². The van der Waals surface area contributed by atoms with Crippen LogP contribution in [0.15, 0.2) is 54.6 Å². The van der Waals surface area contributed by atoms with Crippen LogP contribution in [0.5, 0.6) is 0 Å². The van der Waals surface area contributed by atoms with Crippen molar-refractivity contribution >= 4 is 28.7 Å². The standard InChI is InChI=1S/C21H22FN5O/c1-15-23-20(25-17-8-6-16(22)7-9-17)14-21(24-15)26-18-4-2-3-5-19(18)27-10-12-28-13-11-27/h2-9,14H,10-13H2,1H3,(H2,23,24,25,26). The van der Waals surface area contributed by atoms with Gasteiger partial charge in [0.05, 0.1) is 24.6 Å². The monoisotopic (exact) mass is 379 g/mol. The first-order valence-corrected chi connectivity index (χ1v) is 9.24. The molecule has 0 bridgehead atoms. The van der Waals surface area contributed by atoms with Crippen molar-refractivity contribution in [2.24, 2.45) is 0 Å². The van der Waals surface area contributed by atoms with Crippen LogP contribution in [0.3, 0.4) is 0 Å². The lowest BCUT2D eigenvalue weighted by Crippen LogP contribution is -2.36. The second kappa shape index (κ2) is 8.22. The molecule has 4 rings (SSSR count). The Kier molecular flexibility index (Phi) is 5.34. The van der Waals surface area contributed by atoms with E-state index in [0.29, 0.717) is 17.5 Å². The summed E-state index contributed by atoms with van der Waals surface area (Å²) in [7, 11) is 0. The van der Waals surface area contributed by atoms with Crippen molar-refractivity contribution in [1.82, 2.24) is 9.97 Å². The van der Waals surface area contributed by atoms with Crippen LogP contribution in [0.4, 0.5) is 33.1 Å². The van der Waals surface area contributed by atoms with Crippen LogP contribution in [0.25, 0.3) is 0 Å². The number of aryl methyl sites for hydroxylation is 1. The van der Waals surface area contributed by atoms with Crippen molar-refractivity contribution < 1.29 is 9.13 Å². The molecule has 28 heavy (non-hydrogen) atoms. The molecule has 2 heterocycles. The quantitative estimate of drug-likeness (QED) is 0.691. The maximum atomic E-state index is 13.1. The molecule has 1 aromatic heterocycles. The minimum atomic E-state index is -0.272. The van der Waals surface area contributed by atoms with Crippen molar-refractivity contribution in [3.8, 4) is 0 Å². The van der Waals surface area contributed by atoms with Crippen molar-refractivity contribution in [2.75, 3.05) is 41.8 Å². The summed E-state index contributed by atoms with van der Waals surface area (Å²) in [4.78, 5) is 11.2. The molecule has 1 fully saturated rings. The molecule has 0 amide bonds. The first-order valence-electron chi connectivity index (χ1n) is 9.24. The van der Waals surface area contributed by atoms with Gasteiger partial charge in [-0.2, -0.15) is 0 Å². The van der Waals surface area contributed by atoms with Gasteiger partial charge in [-0.05, 0) is 43.3 Å². The third-order valence-electron chi connectivity index (χ3n) is 4.47. The molecule has 0 spiro atoms. The Hall–Kier alpha value is -3.19. The summed E-state index contributed by atoms with van der Waals surface area (Å²) in [5.74, 6) is 1.70. The summed E-state index contributed by atoms with van der Waals surface area (Å²) in [6, 6.07) is 16.2. The van der Waals surface area contributed by atoms with E-state index in [-0.39, 0.29) is 5.82 Å². The summed E-state index contributed by atoms with van der Waals surface area (Å²) in [5.41, 5.74) is 2.87. The summed E-state index contributed by atoms with van der Waals surface area (Å²) < 4.78 is 18.6. The number of nitrogens with zero attached hydrogens (tertiary/aromatic N) is 3. The third kappa shape index (κ3) is 4.37. The van der Waals surface area contributed by atoms with E-state index in [1.807, 2.05) is 31.2 Å². The van der Waals surface area contributed by atoms with Crippen molar-refractivity contribution in [2.45, 2.75) is 6.92 Å². The van der Waals surface area contributed by atoms with Gasteiger partial charge in [-0.15, -0.1) is 0 Å². The molecule has 0 unspecified atom stereocenters. The molecule has 0 aliphatic carbocycles. The van der Waals surface area contributed by atoms with E-state index in [1.54, 1.807) is 12.1 Å². The van der Waals surface area contributed by atoms with Crippen LogP contribution in [0.1, 0.15) is 5.82 Å². The number of para-hydroxylation sites is 2. The minimum Gasteiger partial charge on any atom is -0.378 e. The Balaban J connectivity index is 1.57. The fourth-order valence-corrected chi connectivity index (χ4v) is 3.17. The van der Waals surface area contributed by atoms with Gasteiger partial charge in [0.25, 0.3) is 0 Å². The first-order chi connectivity index (χ1) is 13.7. The van der Waals surface area contributed by atoms with Gasteiger partial charge in [-0.3, -0.25) is 0 Å². The second-order valence-electron chi connectivity index (χ2n) is 6.56. The fraction of sp³-hybridized carbons (Fsp3) is 0.238. The number of ether oxygens (including phenoxy) is 1. The van der Waals surface area contributed by atoms with Crippen molar-refractivity contribution in [3.05, 3.63) is 66.2 Å². The zero-order valence-electron chi connectivity index (χ0n) is 15.7. The Morgan fingerprint density at radius 2 is 1.61 bits per heavy atom. The Labute approximate surface area is 163 Å². The number of benzene rings is 2. The molecule has 1 aliphatic heterocycles. The van der Waals surface area contributed by atoms with Gasteiger partial charge in [-0.25, -0.2) is 14.4 Å². The molecule has 144 valence electrons. The topological polar surface area (TPSA) is 62.3 Å². The van der Waals surface area contributed by atoms with Gasteiger partial charge >= 0.3 is 0 Å². The first kappa shape index (κ1) is 18.2. The molecular weight excluding hydrogens is 357 g/mol. The lowest BCUT2D eigenvalue weighted by Gasteiger charge is -2.30. The fourth-order valence-electron chi connectivity index (χ4n) is 3.17. The largest absolute Gasteiger partial charge is 0.378 e. The van der Waals surface area contributed by atoms with Gasteiger partial charge in [-0.1, -0.05) is 12.1 Å². The molecule has 0 atom stereocenters. The van der Waals surface area contributed by atoms with E-state index in [0.717, 1.165) is 43.4 Å². The molecule has 0 saturated carbocycles. The number of nitrogens with one attached hydrogen (secondary N) is 2. The van der Waals surface area contributed by atoms with Gasteiger partial charge in [0.1, 0.15) is 23.3 Å². The van der Waals surface area contributed by atoms with E-state index >= 15 is 0 Å². The Morgan fingerprint density at radius 1 is 0.929 bits per heavy atom. The average molecular weight is 379 g/mol. The number of halogens is 1. The van der Waals surface area contributed by atoms with Gasteiger partial charge in [0, 0.05) is 24.8 Å². The van der Waals surface area contributed by atoms with Crippen LogP contribution >= 0.6 is 0 Å². The summed E-state index contributed by atoms with van der Waals surface area (Å²) in [5, 5.41) is 6.60. The second-order valence-corrected chi connectivity index (χ2v) is 6.56. The summed E-state index contributed by atoms with van der Waals surface area (Å²) >= 11 is 0. The molecule has 7 heteroatoms. The smallest absolute Gasteiger partial charge is 0.136 e. The highest BCUT2D eigenvalue weighted by Gasteiger charge is 2.15. The van der Waals surface area contributed by atoms with Gasteiger partial charge in [0.2, 0.25) is 0 Å². The zero-order chi connectivity index (χ0) is 19.3. The molecular formula is C21H22FN5O. The van der Waals surface area contributed by atoms with E-state index in [4.69, 9.17) is 4.74 Å². The highest BCUT2D eigenvalue weighted by molar-refractivity contribution is 5.75. The van der Waals surface area contributed by atoms with E-state index < -0.39 is 0 Å². The normalized spacial score (nSPS) is 14.0. The van der Waals surface area contributed by atoms with E-state index in [9.17, 15) is 4.39 Å². The number of rotatable bonds is 5. The number of morpholine rings is 1. The van der Waals surface area contributed by atoms with Crippen molar-refractivity contribution in [3.63, 3.8) is 0 Å². The molecule has 1 aliphatic rings. The van der Waals surface area contributed by atoms with Crippen LogP contribution in [0, 0.1) is 12.7 Å². The predicted molar refractivity (Wildman–Crippen MR) is 109 cm³/mol. The highest BCUT2D eigenvalue weighted by Crippen LogP contribution is 2.29. The van der Waals surface area contributed by atoms with Crippen LogP contribution in [0.2, 0.25) is 0 Å². The lowest BCUT2D eigenvalue weighted by atomic mass is 10.2. The SMILES string of the molecule is Cc1nc(Nc2ccc(F)cc2)cc(Nc2ccccc2N2CCOCC2)n1. The highest BCUT2D eigenvalue weighted by atomic mass is 19.1. The number of anilines is 5. The van der Waals surface area contributed by atoms with E-state index in [2.05, 4.69) is 31.6 Å². The van der Waals surface area contributed by atoms with E-state index in [1.165, 1.54) is 12.1 Å². The number of aromatic nitrogens is 2. The molecule has 3 aromatic rings. The molecule has 0 radical (unpaired) electrons. The lowest BCUT2D eigenvalue weighted by molar-refractivity contribution is 0.123. The molecule has 2 aromatic carbocycles. The zero-order valence-corrected chi connectivity index (χ0v) is 15.7. The summed E-state index contributed by atoms with van der Waals surface area (Å²) in [6.45, 7) is 5.02. The third-order valence-corrected chi connectivity index (χ3v) is 4.47.